The van der Waals surface area contributed by atoms with Crippen molar-refractivity contribution >= 4 is 17.0 Å². The van der Waals surface area contributed by atoms with Crippen LogP contribution in [-0.4, -0.2) is 23.2 Å². The normalized spacial score (nSPS) is 10.2. The molecule has 0 bridgehead atoms. The highest BCUT2D eigenvalue weighted by Gasteiger charge is 2.15. The summed E-state index contributed by atoms with van der Waals surface area (Å²) in [5, 5.41) is 8.93. The van der Waals surface area contributed by atoms with Gasteiger partial charge >= 0.3 is 5.97 Å². The molecular formula is C10H9N2O3+. The standard InChI is InChI=1S/C10H8N2O3/c1-15-6-4-8-9(12-5-6)7(10(13)14)2-3-11-8/h2-5H,1H3,(H,13,14)/p+1. The van der Waals surface area contributed by atoms with Crippen LogP contribution in [0, 0.1) is 0 Å². The van der Waals surface area contributed by atoms with Crippen molar-refractivity contribution in [1.82, 2.24) is 4.98 Å². The maximum absolute atomic E-state index is 10.9. The Kier molecular flexibility index (Phi) is 2.21. The number of carboxylic acids is 1. The number of fused-ring (bicyclic) bond motifs is 1. The molecule has 2 aromatic rings. The van der Waals surface area contributed by atoms with Gasteiger partial charge in [-0.2, -0.15) is 0 Å². The fourth-order valence-corrected chi connectivity index (χ4v) is 1.35. The van der Waals surface area contributed by atoms with Crippen molar-refractivity contribution in [1.29, 1.82) is 0 Å². The van der Waals surface area contributed by atoms with Crippen LogP contribution in [-0.2, 0) is 0 Å². The van der Waals surface area contributed by atoms with Crippen molar-refractivity contribution in [2.75, 3.05) is 7.11 Å². The van der Waals surface area contributed by atoms with Gasteiger partial charge in [0.2, 0.25) is 11.7 Å². The molecule has 0 unspecified atom stereocenters. The highest BCUT2D eigenvalue weighted by Crippen LogP contribution is 2.16. The average molecular weight is 205 g/mol. The third kappa shape index (κ3) is 1.59. The Balaban J connectivity index is 2.72. The van der Waals surface area contributed by atoms with E-state index in [1.165, 1.54) is 19.4 Å². The Morgan fingerprint density at radius 2 is 2.40 bits per heavy atom. The molecule has 2 N–H and O–H groups in total. The van der Waals surface area contributed by atoms with Gasteiger partial charge in [-0.1, -0.05) is 0 Å². The molecule has 0 aliphatic carbocycles. The van der Waals surface area contributed by atoms with E-state index in [1.54, 1.807) is 12.3 Å². The van der Waals surface area contributed by atoms with E-state index >= 15 is 0 Å². The van der Waals surface area contributed by atoms with Gasteiger partial charge in [0.25, 0.3) is 0 Å². The van der Waals surface area contributed by atoms with Crippen molar-refractivity contribution < 1.29 is 19.6 Å². The zero-order chi connectivity index (χ0) is 10.8. The number of methoxy groups -OCH3 is 1. The van der Waals surface area contributed by atoms with E-state index in [2.05, 4.69) is 9.97 Å². The monoisotopic (exact) mass is 205 g/mol. The van der Waals surface area contributed by atoms with Crippen LogP contribution in [0.15, 0.2) is 24.5 Å². The van der Waals surface area contributed by atoms with Gasteiger partial charge in [0.1, 0.15) is 11.1 Å². The summed E-state index contributed by atoms with van der Waals surface area (Å²) in [4.78, 5) is 17.8. The number of rotatable bonds is 2. The number of pyridine rings is 2. The van der Waals surface area contributed by atoms with E-state index in [0.29, 0.717) is 16.8 Å². The second kappa shape index (κ2) is 3.53. The second-order valence-corrected chi connectivity index (χ2v) is 2.96. The zero-order valence-electron chi connectivity index (χ0n) is 8.02. The summed E-state index contributed by atoms with van der Waals surface area (Å²) >= 11 is 0. The lowest BCUT2D eigenvalue weighted by Gasteiger charge is -1.98. The van der Waals surface area contributed by atoms with E-state index in [9.17, 15) is 4.79 Å². The molecule has 76 valence electrons. The predicted octanol–water partition coefficient (Wildman–Crippen LogP) is 0.756. The number of hydrogen-bond acceptors (Lipinski definition) is 3. The largest absolute Gasteiger partial charge is 0.491 e. The molecule has 5 heteroatoms. The molecule has 0 aliphatic rings. The summed E-state index contributed by atoms with van der Waals surface area (Å²) < 4.78 is 5.00. The minimum absolute atomic E-state index is 0.197. The lowest BCUT2D eigenvalue weighted by molar-refractivity contribution is -0.346. The molecule has 2 heterocycles. The molecule has 0 spiro atoms. The molecule has 0 saturated heterocycles. The molecule has 0 amide bonds. The molecule has 0 aromatic carbocycles. The summed E-state index contributed by atoms with van der Waals surface area (Å²) in [5.74, 6) is -0.374. The van der Waals surface area contributed by atoms with E-state index in [-0.39, 0.29) is 5.56 Å². The van der Waals surface area contributed by atoms with Gasteiger partial charge in [0.15, 0.2) is 5.75 Å². The Morgan fingerprint density at radius 3 is 3.07 bits per heavy atom. The summed E-state index contributed by atoms with van der Waals surface area (Å²) in [5.41, 5.74) is 1.25. The number of aromatic amines is 1. The molecule has 0 atom stereocenters. The molecule has 2 rings (SSSR count). The maximum atomic E-state index is 10.9. The average Bonchev–Trinajstić information content (AvgIpc) is 2.27. The SMILES string of the molecule is COc1c[nH+]c2c(C(=O)O)ccnc2c1. The highest BCUT2D eigenvalue weighted by molar-refractivity contribution is 5.99. The number of carboxylic acid groups (broad SMARTS) is 1. The third-order valence-electron chi connectivity index (χ3n) is 2.08. The van der Waals surface area contributed by atoms with Gasteiger partial charge in [0.05, 0.1) is 7.11 Å². The number of nitrogens with zero attached hydrogens (tertiary/aromatic N) is 1. The van der Waals surface area contributed by atoms with Gasteiger partial charge in [0, 0.05) is 12.3 Å². The molecule has 2 aromatic heterocycles. The summed E-state index contributed by atoms with van der Waals surface area (Å²) in [7, 11) is 1.54. The smallest absolute Gasteiger partial charge is 0.342 e. The van der Waals surface area contributed by atoms with Crippen molar-refractivity contribution in [3.8, 4) is 5.75 Å². The van der Waals surface area contributed by atoms with Crippen LogP contribution in [0.1, 0.15) is 10.4 Å². The first-order valence-corrected chi connectivity index (χ1v) is 4.30. The van der Waals surface area contributed by atoms with Gasteiger partial charge in [-0.25, -0.2) is 14.8 Å². The predicted molar refractivity (Wildman–Crippen MR) is 51.8 cm³/mol. The number of carbonyl (C=O) groups is 1. The summed E-state index contributed by atoms with van der Waals surface area (Å²) in [6.45, 7) is 0. The summed E-state index contributed by atoms with van der Waals surface area (Å²) in [6, 6.07) is 3.13. The first-order chi connectivity index (χ1) is 7.22. The third-order valence-corrected chi connectivity index (χ3v) is 2.08. The van der Waals surface area contributed by atoms with Crippen LogP contribution in [0.2, 0.25) is 0 Å². The first-order valence-electron chi connectivity index (χ1n) is 4.30. The lowest BCUT2D eigenvalue weighted by atomic mass is 10.2. The van der Waals surface area contributed by atoms with Crippen molar-refractivity contribution in [3.05, 3.63) is 30.1 Å². The quantitative estimate of drug-likeness (QED) is 0.785. The topological polar surface area (TPSA) is 73.6 Å². The minimum atomic E-state index is -0.983. The number of hydrogen-bond donors (Lipinski definition) is 1. The van der Waals surface area contributed by atoms with Crippen LogP contribution >= 0.6 is 0 Å². The fraction of sp³-hybridized carbons (Fsp3) is 0.100. The van der Waals surface area contributed by atoms with E-state index in [4.69, 9.17) is 9.84 Å². The fourth-order valence-electron chi connectivity index (χ4n) is 1.35. The minimum Gasteiger partial charge on any atom is -0.491 e. The van der Waals surface area contributed by atoms with Crippen molar-refractivity contribution in [3.63, 3.8) is 0 Å². The van der Waals surface area contributed by atoms with Gasteiger partial charge < -0.3 is 9.84 Å². The van der Waals surface area contributed by atoms with Gasteiger partial charge in [-0.3, -0.25) is 0 Å². The lowest BCUT2D eigenvalue weighted by Crippen LogP contribution is -2.10. The second-order valence-electron chi connectivity index (χ2n) is 2.96. The Hall–Kier alpha value is -2.17. The van der Waals surface area contributed by atoms with Crippen LogP contribution in [0.3, 0.4) is 0 Å². The molecule has 0 radical (unpaired) electrons. The van der Waals surface area contributed by atoms with Crippen LogP contribution in [0.4, 0.5) is 0 Å². The maximum Gasteiger partial charge on any atom is 0.342 e. The zero-order valence-corrected chi connectivity index (χ0v) is 8.02. The Labute approximate surface area is 85.4 Å². The van der Waals surface area contributed by atoms with Crippen molar-refractivity contribution in [2.24, 2.45) is 0 Å². The van der Waals surface area contributed by atoms with Crippen LogP contribution < -0.4 is 9.72 Å². The first kappa shape index (κ1) is 9.39. The molecular weight excluding hydrogens is 196 g/mol. The number of H-pyrrole nitrogens is 1. The number of nitrogens with one attached hydrogen (secondary N) is 1. The van der Waals surface area contributed by atoms with E-state index in [1.807, 2.05) is 0 Å². The van der Waals surface area contributed by atoms with E-state index in [0.717, 1.165) is 0 Å². The number of ether oxygens (including phenoxy) is 1. The van der Waals surface area contributed by atoms with Crippen LogP contribution in [0.5, 0.6) is 5.75 Å². The van der Waals surface area contributed by atoms with E-state index < -0.39 is 5.97 Å². The van der Waals surface area contributed by atoms with Crippen LogP contribution in [0.25, 0.3) is 11.0 Å². The Morgan fingerprint density at radius 1 is 1.60 bits per heavy atom. The molecule has 5 nitrogen and oxygen atoms in total. The molecule has 0 fully saturated rings. The number of aromatic nitrogens is 2. The van der Waals surface area contributed by atoms with Gasteiger partial charge in [-0.15, -0.1) is 0 Å². The summed E-state index contributed by atoms with van der Waals surface area (Å²) in [6.07, 6.45) is 3.05. The molecule has 0 saturated carbocycles. The number of aromatic carboxylic acids is 1. The molecule has 0 aliphatic heterocycles. The van der Waals surface area contributed by atoms with Crippen molar-refractivity contribution in [2.45, 2.75) is 0 Å². The highest BCUT2D eigenvalue weighted by atomic mass is 16.5. The molecule has 15 heavy (non-hydrogen) atoms. The Bertz CT molecular complexity index is 525. The van der Waals surface area contributed by atoms with Gasteiger partial charge in [-0.05, 0) is 6.07 Å².